The molecule has 0 fully saturated rings. The molecule has 0 saturated heterocycles. The molecule has 4 nitrogen and oxygen atoms in total. The van der Waals surface area contributed by atoms with Gasteiger partial charge in [0.25, 0.3) is 0 Å². The van der Waals surface area contributed by atoms with E-state index >= 15 is 0 Å². The topological polar surface area (TPSA) is 49.8 Å². The van der Waals surface area contributed by atoms with Crippen LogP contribution in [0.15, 0.2) is 24.3 Å². The SMILES string of the molecule is Cc1cc(NC(C)C)nc(Nc2ccc(F)c(F)c2)n1. The quantitative estimate of drug-likeness (QED) is 0.896. The molecule has 1 aromatic heterocycles. The summed E-state index contributed by atoms with van der Waals surface area (Å²) in [5.41, 5.74) is 1.17. The monoisotopic (exact) mass is 278 g/mol. The number of halogens is 2. The summed E-state index contributed by atoms with van der Waals surface area (Å²) in [7, 11) is 0. The minimum absolute atomic E-state index is 0.236. The van der Waals surface area contributed by atoms with Crippen LogP contribution in [-0.2, 0) is 0 Å². The van der Waals surface area contributed by atoms with Gasteiger partial charge in [0.05, 0.1) is 0 Å². The highest BCUT2D eigenvalue weighted by Gasteiger charge is 2.06. The Labute approximate surface area is 116 Å². The fourth-order valence-corrected chi connectivity index (χ4v) is 1.70. The molecule has 2 aromatic rings. The Morgan fingerprint density at radius 3 is 2.45 bits per heavy atom. The molecule has 2 N–H and O–H groups in total. The number of rotatable bonds is 4. The van der Waals surface area contributed by atoms with Gasteiger partial charge in [0.15, 0.2) is 11.6 Å². The smallest absolute Gasteiger partial charge is 0.229 e. The molecule has 0 saturated carbocycles. The molecule has 0 unspecified atom stereocenters. The van der Waals surface area contributed by atoms with Gasteiger partial charge in [-0.2, -0.15) is 4.98 Å². The van der Waals surface area contributed by atoms with Crippen molar-refractivity contribution < 1.29 is 8.78 Å². The third-order valence-electron chi connectivity index (χ3n) is 2.47. The Kier molecular flexibility index (Phi) is 4.12. The molecule has 106 valence electrons. The minimum Gasteiger partial charge on any atom is -0.368 e. The standard InChI is InChI=1S/C14H16F2N4/c1-8(2)17-13-6-9(3)18-14(20-13)19-10-4-5-11(15)12(16)7-10/h4-8H,1-3H3,(H2,17,18,19,20). The van der Waals surface area contributed by atoms with Crippen LogP contribution in [0.5, 0.6) is 0 Å². The van der Waals surface area contributed by atoms with Gasteiger partial charge in [-0.25, -0.2) is 13.8 Å². The molecule has 0 aliphatic heterocycles. The second kappa shape index (κ2) is 5.81. The summed E-state index contributed by atoms with van der Waals surface area (Å²) in [4.78, 5) is 8.48. The van der Waals surface area contributed by atoms with Crippen LogP contribution >= 0.6 is 0 Å². The van der Waals surface area contributed by atoms with Crippen LogP contribution < -0.4 is 10.6 Å². The minimum atomic E-state index is -0.914. The molecule has 2 rings (SSSR count). The Balaban J connectivity index is 2.24. The maximum Gasteiger partial charge on any atom is 0.229 e. The van der Waals surface area contributed by atoms with Crippen molar-refractivity contribution in [2.45, 2.75) is 26.8 Å². The summed E-state index contributed by atoms with van der Waals surface area (Å²) in [6.07, 6.45) is 0. The van der Waals surface area contributed by atoms with E-state index in [-0.39, 0.29) is 6.04 Å². The number of aryl methyl sites for hydroxylation is 1. The van der Waals surface area contributed by atoms with Crippen LogP contribution in [0.2, 0.25) is 0 Å². The zero-order valence-corrected chi connectivity index (χ0v) is 11.5. The van der Waals surface area contributed by atoms with Crippen molar-refractivity contribution in [3.63, 3.8) is 0 Å². The zero-order chi connectivity index (χ0) is 14.7. The predicted octanol–water partition coefficient (Wildman–Crippen LogP) is 3.63. The Hall–Kier alpha value is -2.24. The van der Waals surface area contributed by atoms with E-state index in [1.165, 1.54) is 6.07 Å². The lowest BCUT2D eigenvalue weighted by Gasteiger charge is -2.12. The zero-order valence-electron chi connectivity index (χ0n) is 11.5. The first-order valence-corrected chi connectivity index (χ1v) is 6.28. The van der Waals surface area contributed by atoms with Crippen molar-refractivity contribution in [3.05, 3.63) is 41.6 Å². The van der Waals surface area contributed by atoms with E-state index in [9.17, 15) is 8.78 Å². The first kappa shape index (κ1) is 14.2. The lowest BCUT2D eigenvalue weighted by atomic mass is 10.3. The summed E-state index contributed by atoms with van der Waals surface area (Å²) < 4.78 is 26.0. The van der Waals surface area contributed by atoms with E-state index in [4.69, 9.17) is 0 Å². The van der Waals surface area contributed by atoms with Gasteiger partial charge in [-0.3, -0.25) is 0 Å². The number of hydrogen-bond donors (Lipinski definition) is 2. The molecule has 20 heavy (non-hydrogen) atoms. The largest absolute Gasteiger partial charge is 0.368 e. The van der Waals surface area contributed by atoms with Crippen molar-refractivity contribution in [2.24, 2.45) is 0 Å². The van der Waals surface area contributed by atoms with Crippen LogP contribution in [-0.4, -0.2) is 16.0 Å². The van der Waals surface area contributed by atoms with E-state index in [0.29, 0.717) is 17.5 Å². The number of anilines is 3. The van der Waals surface area contributed by atoms with Gasteiger partial charge in [-0.05, 0) is 32.9 Å². The maximum atomic E-state index is 13.1. The molecule has 0 bridgehead atoms. The molecule has 1 aromatic carbocycles. The lowest BCUT2D eigenvalue weighted by molar-refractivity contribution is 0.509. The highest BCUT2D eigenvalue weighted by atomic mass is 19.2. The number of benzene rings is 1. The molecule has 0 radical (unpaired) electrons. The summed E-state index contributed by atoms with van der Waals surface area (Å²) in [6.45, 7) is 5.84. The molecule has 1 heterocycles. The van der Waals surface area contributed by atoms with Crippen LogP contribution in [0, 0.1) is 18.6 Å². The van der Waals surface area contributed by atoms with Crippen LogP contribution in [0.25, 0.3) is 0 Å². The molecular weight excluding hydrogens is 262 g/mol. The van der Waals surface area contributed by atoms with E-state index in [0.717, 1.165) is 17.8 Å². The molecule has 0 amide bonds. The third kappa shape index (κ3) is 3.63. The van der Waals surface area contributed by atoms with Crippen molar-refractivity contribution in [1.29, 1.82) is 0 Å². The summed E-state index contributed by atoms with van der Waals surface area (Å²) in [5.74, 6) is -0.789. The van der Waals surface area contributed by atoms with Gasteiger partial charge in [0.2, 0.25) is 5.95 Å². The van der Waals surface area contributed by atoms with Gasteiger partial charge in [-0.1, -0.05) is 0 Å². The molecule has 6 heteroatoms. The molecule has 0 aliphatic rings. The van der Waals surface area contributed by atoms with Crippen molar-refractivity contribution in [3.8, 4) is 0 Å². The van der Waals surface area contributed by atoms with E-state index in [1.807, 2.05) is 26.8 Å². The summed E-state index contributed by atoms with van der Waals surface area (Å²) in [6, 6.07) is 5.60. The number of aromatic nitrogens is 2. The van der Waals surface area contributed by atoms with Crippen molar-refractivity contribution >= 4 is 17.5 Å². The van der Waals surface area contributed by atoms with Gasteiger partial charge in [0, 0.05) is 29.6 Å². The van der Waals surface area contributed by atoms with Crippen LogP contribution in [0.4, 0.5) is 26.2 Å². The fourth-order valence-electron chi connectivity index (χ4n) is 1.70. The number of nitrogens with zero attached hydrogens (tertiary/aromatic N) is 2. The normalized spacial score (nSPS) is 10.7. The van der Waals surface area contributed by atoms with Crippen molar-refractivity contribution in [2.75, 3.05) is 10.6 Å². The Bertz CT molecular complexity index is 614. The van der Waals surface area contributed by atoms with E-state index in [2.05, 4.69) is 20.6 Å². The predicted molar refractivity (Wildman–Crippen MR) is 75.2 cm³/mol. The average molecular weight is 278 g/mol. The Morgan fingerprint density at radius 2 is 1.80 bits per heavy atom. The van der Waals surface area contributed by atoms with Crippen LogP contribution in [0.1, 0.15) is 19.5 Å². The first-order chi connectivity index (χ1) is 9.44. The first-order valence-electron chi connectivity index (χ1n) is 6.28. The van der Waals surface area contributed by atoms with E-state index in [1.54, 1.807) is 0 Å². The van der Waals surface area contributed by atoms with Crippen LogP contribution in [0.3, 0.4) is 0 Å². The second-order valence-corrected chi connectivity index (χ2v) is 4.77. The molecule has 0 spiro atoms. The molecule has 0 aliphatic carbocycles. The van der Waals surface area contributed by atoms with Gasteiger partial charge in [-0.15, -0.1) is 0 Å². The average Bonchev–Trinajstić information content (AvgIpc) is 2.32. The fraction of sp³-hybridized carbons (Fsp3) is 0.286. The molecule has 0 atom stereocenters. The summed E-state index contributed by atoms with van der Waals surface area (Å²) >= 11 is 0. The van der Waals surface area contributed by atoms with E-state index < -0.39 is 11.6 Å². The summed E-state index contributed by atoms with van der Waals surface area (Å²) in [5, 5.41) is 6.02. The maximum absolute atomic E-state index is 13.1. The number of hydrogen-bond acceptors (Lipinski definition) is 4. The lowest BCUT2D eigenvalue weighted by Crippen LogP contribution is -2.12. The molecular formula is C14H16F2N4. The van der Waals surface area contributed by atoms with Crippen molar-refractivity contribution in [1.82, 2.24) is 9.97 Å². The van der Waals surface area contributed by atoms with Gasteiger partial charge < -0.3 is 10.6 Å². The second-order valence-electron chi connectivity index (χ2n) is 4.77. The highest BCUT2D eigenvalue weighted by molar-refractivity contribution is 5.55. The third-order valence-corrected chi connectivity index (χ3v) is 2.47. The highest BCUT2D eigenvalue weighted by Crippen LogP contribution is 2.18. The van der Waals surface area contributed by atoms with Gasteiger partial charge >= 0.3 is 0 Å². The van der Waals surface area contributed by atoms with Gasteiger partial charge in [0.1, 0.15) is 5.82 Å². The number of nitrogens with one attached hydrogen (secondary N) is 2. The Morgan fingerprint density at radius 1 is 1.05 bits per heavy atom.